The average Bonchev–Trinajstić information content (AvgIpc) is 2.18. The molecule has 0 bridgehead atoms. The van der Waals surface area contributed by atoms with E-state index in [9.17, 15) is 5.11 Å². The van der Waals surface area contributed by atoms with Crippen molar-refractivity contribution in [2.24, 2.45) is 0 Å². The SMILES string of the molecule is CC1(C)CC(O)CC(C)(C)N1CCCCCCO. The highest BCUT2D eigenvalue weighted by Crippen LogP contribution is 2.38. The Bertz CT molecular complexity index is 233. The zero-order chi connectivity index (χ0) is 13.8. The first-order valence-corrected chi connectivity index (χ1v) is 7.36. The summed E-state index contributed by atoms with van der Waals surface area (Å²) in [6, 6.07) is 0. The predicted molar refractivity (Wildman–Crippen MR) is 75.7 cm³/mol. The molecule has 0 atom stereocenters. The summed E-state index contributed by atoms with van der Waals surface area (Å²) >= 11 is 0. The fraction of sp³-hybridized carbons (Fsp3) is 1.00. The highest BCUT2D eigenvalue weighted by Gasteiger charge is 2.44. The van der Waals surface area contributed by atoms with Crippen molar-refractivity contribution >= 4 is 0 Å². The molecule has 1 aliphatic rings. The number of hydrogen-bond acceptors (Lipinski definition) is 3. The Balaban J connectivity index is 2.49. The molecule has 0 aromatic heterocycles. The van der Waals surface area contributed by atoms with Gasteiger partial charge in [-0.05, 0) is 59.9 Å². The molecule has 0 aliphatic carbocycles. The van der Waals surface area contributed by atoms with Crippen LogP contribution < -0.4 is 0 Å². The van der Waals surface area contributed by atoms with Gasteiger partial charge in [0.15, 0.2) is 0 Å². The van der Waals surface area contributed by atoms with E-state index in [0.717, 1.165) is 32.2 Å². The lowest BCUT2D eigenvalue weighted by molar-refractivity contribution is -0.0810. The van der Waals surface area contributed by atoms with Gasteiger partial charge in [0.05, 0.1) is 6.10 Å². The van der Waals surface area contributed by atoms with E-state index >= 15 is 0 Å². The van der Waals surface area contributed by atoms with Crippen molar-refractivity contribution in [3.8, 4) is 0 Å². The maximum absolute atomic E-state index is 9.99. The van der Waals surface area contributed by atoms with Crippen molar-refractivity contribution in [3.63, 3.8) is 0 Å². The molecule has 0 radical (unpaired) electrons. The van der Waals surface area contributed by atoms with Crippen LogP contribution in [0.25, 0.3) is 0 Å². The molecule has 1 fully saturated rings. The lowest BCUT2D eigenvalue weighted by Crippen LogP contribution is -2.61. The summed E-state index contributed by atoms with van der Waals surface area (Å²) < 4.78 is 0. The van der Waals surface area contributed by atoms with E-state index in [1.807, 2.05) is 0 Å². The Labute approximate surface area is 112 Å². The van der Waals surface area contributed by atoms with E-state index in [0.29, 0.717) is 6.61 Å². The van der Waals surface area contributed by atoms with Gasteiger partial charge in [0.1, 0.15) is 0 Å². The Hall–Kier alpha value is -0.120. The van der Waals surface area contributed by atoms with Crippen LogP contribution in [-0.2, 0) is 0 Å². The molecule has 0 amide bonds. The zero-order valence-electron chi connectivity index (χ0n) is 12.6. The van der Waals surface area contributed by atoms with Gasteiger partial charge in [0, 0.05) is 17.7 Å². The molecule has 0 aromatic rings. The van der Waals surface area contributed by atoms with Crippen LogP contribution in [0.2, 0.25) is 0 Å². The first-order valence-electron chi connectivity index (χ1n) is 7.36. The van der Waals surface area contributed by atoms with Crippen molar-refractivity contribution in [1.82, 2.24) is 4.90 Å². The zero-order valence-corrected chi connectivity index (χ0v) is 12.6. The molecule has 18 heavy (non-hydrogen) atoms. The number of hydrogen-bond donors (Lipinski definition) is 2. The third-order valence-corrected chi connectivity index (χ3v) is 4.22. The Kier molecular flexibility index (Phi) is 5.63. The molecule has 3 nitrogen and oxygen atoms in total. The van der Waals surface area contributed by atoms with Crippen molar-refractivity contribution in [3.05, 3.63) is 0 Å². The molecular formula is C15H31NO2. The Morgan fingerprint density at radius 2 is 1.44 bits per heavy atom. The highest BCUT2D eigenvalue weighted by molar-refractivity contribution is 4.99. The van der Waals surface area contributed by atoms with Crippen molar-refractivity contribution in [2.75, 3.05) is 13.2 Å². The second-order valence-electron chi connectivity index (χ2n) is 6.98. The number of aliphatic hydroxyl groups excluding tert-OH is 2. The summed E-state index contributed by atoms with van der Waals surface area (Å²) in [7, 11) is 0. The minimum atomic E-state index is -0.166. The maximum atomic E-state index is 9.99. The highest BCUT2D eigenvalue weighted by atomic mass is 16.3. The summed E-state index contributed by atoms with van der Waals surface area (Å²) in [5, 5.41) is 18.8. The van der Waals surface area contributed by atoms with Crippen LogP contribution in [0.4, 0.5) is 0 Å². The van der Waals surface area contributed by atoms with Gasteiger partial charge < -0.3 is 10.2 Å². The van der Waals surface area contributed by atoms with Crippen LogP contribution >= 0.6 is 0 Å². The minimum Gasteiger partial charge on any atom is -0.396 e. The van der Waals surface area contributed by atoms with Gasteiger partial charge in [0.2, 0.25) is 0 Å². The number of unbranched alkanes of at least 4 members (excludes halogenated alkanes) is 3. The monoisotopic (exact) mass is 257 g/mol. The van der Waals surface area contributed by atoms with Crippen LogP contribution in [0.15, 0.2) is 0 Å². The predicted octanol–water partition coefficient (Wildman–Crippen LogP) is 2.55. The van der Waals surface area contributed by atoms with E-state index in [1.165, 1.54) is 12.8 Å². The van der Waals surface area contributed by atoms with Crippen molar-refractivity contribution < 1.29 is 10.2 Å². The number of nitrogens with zero attached hydrogens (tertiary/aromatic N) is 1. The van der Waals surface area contributed by atoms with Gasteiger partial charge in [-0.1, -0.05) is 12.8 Å². The van der Waals surface area contributed by atoms with Gasteiger partial charge in [-0.2, -0.15) is 0 Å². The second-order valence-corrected chi connectivity index (χ2v) is 6.98. The smallest absolute Gasteiger partial charge is 0.0575 e. The average molecular weight is 257 g/mol. The largest absolute Gasteiger partial charge is 0.396 e. The maximum Gasteiger partial charge on any atom is 0.0575 e. The fourth-order valence-corrected chi connectivity index (χ4v) is 3.61. The second kappa shape index (κ2) is 6.36. The number of rotatable bonds is 6. The summed E-state index contributed by atoms with van der Waals surface area (Å²) in [4.78, 5) is 2.56. The molecule has 0 unspecified atom stereocenters. The summed E-state index contributed by atoms with van der Waals surface area (Å²) in [5.41, 5.74) is 0.163. The van der Waals surface area contributed by atoms with Gasteiger partial charge >= 0.3 is 0 Å². The molecule has 1 saturated heterocycles. The summed E-state index contributed by atoms with van der Waals surface area (Å²) in [6.07, 6.45) is 5.98. The molecule has 0 spiro atoms. The van der Waals surface area contributed by atoms with Crippen LogP contribution in [0.1, 0.15) is 66.2 Å². The molecule has 1 aliphatic heterocycles. The molecule has 1 heterocycles. The van der Waals surface area contributed by atoms with Crippen molar-refractivity contribution in [1.29, 1.82) is 0 Å². The molecule has 0 saturated carbocycles. The molecule has 2 N–H and O–H groups in total. The van der Waals surface area contributed by atoms with E-state index in [1.54, 1.807) is 0 Å². The van der Waals surface area contributed by atoms with Gasteiger partial charge in [-0.25, -0.2) is 0 Å². The van der Waals surface area contributed by atoms with Crippen LogP contribution in [0.3, 0.4) is 0 Å². The van der Waals surface area contributed by atoms with Gasteiger partial charge in [-0.15, -0.1) is 0 Å². The molecule has 3 heteroatoms. The number of aliphatic hydroxyl groups is 2. The number of piperidine rings is 1. The quantitative estimate of drug-likeness (QED) is 0.719. The lowest BCUT2D eigenvalue weighted by atomic mass is 9.78. The summed E-state index contributed by atoms with van der Waals surface area (Å²) in [6.45, 7) is 10.4. The number of likely N-dealkylation sites (tertiary alicyclic amines) is 1. The van der Waals surface area contributed by atoms with E-state index in [4.69, 9.17) is 5.11 Å². The van der Waals surface area contributed by atoms with Crippen LogP contribution in [0.5, 0.6) is 0 Å². The third-order valence-electron chi connectivity index (χ3n) is 4.22. The summed E-state index contributed by atoms with van der Waals surface area (Å²) in [5.74, 6) is 0. The Morgan fingerprint density at radius 1 is 0.944 bits per heavy atom. The normalized spacial score (nSPS) is 24.3. The van der Waals surface area contributed by atoms with Crippen LogP contribution in [-0.4, -0.2) is 45.4 Å². The van der Waals surface area contributed by atoms with E-state index < -0.39 is 0 Å². The van der Waals surface area contributed by atoms with E-state index in [2.05, 4.69) is 32.6 Å². The van der Waals surface area contributed by atoms with Gasteiger partial charge in [-0.3, -0.25) is 4.90 Å². The third kappa shape index (κ3) is 4.22. The molecule has 0 aromatic carbocycles. The van der Waals surface area contributed by atoms with Gasteiger partial charge in [0.25, 0.3) is 0 Å². The Morgan fingerprint density at radius 3 is 1.94 bits per heavy atom. The topological polar surface area (TPSA) is 43.7 Å². The molecular weight excluding hydrogens is 226 g/mol. The van der Waals surface area contributed by atoms with Crippen LogP contribution in [0, 0.1) is 0 Å². The molecule has 1 rings (SSSR count). The first-order chi connectivity index (χ1) is 8.29. The fourth-order valence-electron chi connectivity index (χ4n) is 3.61. The minimum absolute atomic E-state index is 0.0815. The van der Waals surface area contributed by atoms with E-state index in [-0.39, 0.29) is 17.2 Å². The molecule has 108 valence electrons. The standard InChI is InChI=1S/C15H31NO2/c1-14(2)11-13(18)12-15(3,4)16(14)9-7-5-6-8-10-17/h13,17-18H,5-12H2,1-4H3. The first kappa shape index (κ1) is 15.9. The van der Waals surface area contributed by atoms with Crippen molar-refractivity contribution in [2.45, 2.75) is 83.4 Å². The lowest BCUT2D eigenvalue weighted by Gasteiger charge is -2.54.